The van der Waals surface area contributed by atoms with Crippen molar-refractivity contribution < 1.29 is 33.1 Å². The Morgan fingerprint density at radius 1 is 0.942 bits per heavy atom. The smallest absolute Gasteiger partial charge is 0.258 e. The van der Waals surface area contributed by atoms with Crippen molar-refractivity contribution in [3.63, 3.8) is 0 Å². The third-order valence-electron chi connectivity index (χ3n) is 9.61. The number of carbonyl (C=O) groups is 5. The van der Waals surface area contributed by atoms with E-state index in [1.807, 2.05) is 42.5 Å². The molecule has 13 heteroatoms. The Labute approximate surface area is 305 Å². The first-order chi connectivity index (χ1) is 25.0. The van der Waals surface area contributed by atoms with Gasteiger partial charge in [0.15, 0.2) is 0 Å². The van der Waals surface area contributed by atoms with Gasteiger partial charge in [0.1, 0.15) is 24.2 Å². The molecule has 1 fully saturated rings. The molecular weight excluding hydrogens is 689 g/mol. The van der Waals surface area contributed by atoms with E-state index in [0.29, 0.717) is 17.0 Å². The van der Waals surface area contributed by atoms with E-state index in [0.717, 1.165) is 28.5 Å². The second-order valence-electron chi connectivity index (χ2n) is 13.1. The maximum Gasteiger partial charge on any atom is 0.258 e. The number of halogens is 2. The zero-order valence-electron chi connectivity index (χ0n) is 28.8. The first kappa shape index (κ1) is 36.3. The molecule has 0 unspecified atom stereocenters. The minimum Gasteiger partial charge on any atom is -0.491 e. The summed E-state index contributed by atoms with van der Waals surface area (Å²) in [5.74, 6) is -2.92. The van der Waals surface area contributed by atoms with E-state index in [1.54, 1.807) is 29.2 Å². The Kier molecular flexibility index (Phi) is 11.0. The molecule has 0 aliphatic carbocycles. The van der Waals surface area contributed by atoms with Crippen molar-refractivity contribution in [1.29, 1.82) is 0 Å². The van der Waals surface area contributed by atoms with Gasteiger partial charge in [-0.05, 0) is 65.6 Å². The summed E-state index contributed by atoms with van der Waals surface area (Å²) in [6.07, 6.45) is 0.109. The van der Waals surface area contributed by atoms with Crippen LogP contribution in [-0.2, 0) is 20.9 Å². The van der Waals surface area contributed by atoms with Crippen LogP contribution in [0.25, 0.3) is 10.8 Å². The average molecular weight is 728 g/mol. The van der Waals surface area contributed by atoms with Crippen molar-refractivity contribution in [2.45, 2.75) is 43.9 Å². The van der Waals surface area contributed by atoms with Gasteiger partial charge >= 0.3 is 0 Å². The van der Waals surface area contributed by atoms with E-state index in [2.05, 4.69) is 10.6 Å². The Hall–Kier alpha value is -5.49. The van der Waals surface area contributed by atoms with Crippen molar-refractivity contribution in [3.05, 3.63) is 112 Å². The lowest BCUT2D eigenvalue weighted by molar-refractivity contribution is -0.140. The molecule has 52 heavy (non-hydrogen) atoms. The number of likely N-dealkylation sites (N-methyl/N-ethyl adjacent to an activating group) is 2. The number of nitrogens with zero attached hydrogens (tertiary/aromatic N) is 3. The Balaban J connectivity index is 1.24. The van der Waals surface area contributed by atoms with Crippen molar-refractivity contribution >= 4 is 51.9 Å². The van der Waals surface area contributed by atoms with Gasteiger partial charge in [-0.25, -0.2) is 4.39 Å². The van der Waals surface area contributed by atoms with Crippen LogP contribution in [0.4, 0.5) is 4.39 Å². The van der Waals surface area contributed by atoms with E-state index in [4.69, 9.17) is 16.3 Å². The number of rotatable bonds is 5. The minimum absolute atomic E-state index is 0.0591. The molecule has 270 valence electrons. The molecule has 2 N–H and O–H groups in total. The SMILES string of the molecule is CN1CC(=O)N2C[C@@H](NC(=O)c3cccc(Cl)c3)C[C@H]2COc2ccc(F)cc2C(=O)N(C)[C@H](C(=O)NCc2cccc3ccccc23)CCC1=O. The highest BCUT2D eigenvalue weighted by atomic mass is 35.5. The molecule has 0 spiro atoms. The summed E-state index contributed by atoms with van der Waals surface area (Å²) in [6.45, 7) is -0.0123. The average Bonchev–Trinajstić information content (AvgIpc) is 3.54. The highest BCUT2D eigenvalue weighted by molar-refractivity contribution is 6.31. The molecular formula is C39H39ClFN5O6. The molecule has 2 heterocycles. The first-order valence-corrected chi connectivity index (χ1v) is 17.4. The van der Waals surface area contributed by atoms with Crippen molar-refractivity contribution in [2.24, 2.45) is 0 Å². The molecule has 4 aromatic rings. The van der Waals surface area contributed by atoms with Gasteiger partial charge in [0.2, 0.25) is 17.7 Å². The van der Waals surface area contributed by atoms with Crippen LogP contribution < -0.4 is 15.4 Å². The van der Waals surface area contributed by atoms with Crippen LogP contribution in [0.5, 0.6) is 5.75 Å². The zero-order valence-corrected chi connectivity index (χ0v) is 29.6. The molecule has 11 nitrogen and oxygen atoms in total. The highest BCUT2D eigenvalue weighted by Gasteiger charge is 2.38. The summed E-state index contributed by atoms with van der Waals surface area (Å²) in [6, 6.07) is 21.5. The quantitative estimate of drug-likeness (QED) is 0.314. The minimum atomic E-state index is -1.11. The number of hydrogen-bond donors (Lipinski definition) is 2. The lowest BCUT2D eigenvalue weighted by Gasteiger charge is -2.28. The highest BCUT2D eigenvalue weighted by Crippen LogP contribution is 2.27. The summed E-state index contributed by atoms with van der Waals surface area (Å²) >= 11 is 6.07. The summed E-state index contributed by atoms with van der Waals surface area (Å²) < 4.78 is 20.8. The number of carbonyl (C=O) groups excluding carboxylic acids is 5. The van der Waals surface area contributed by atoms with Crippen molar-refractivity contribution in [1.82, 2.24) is 25.3 Å². The molecule has 5 amide bonds. The number of ether oxygens (including phenoxy) is 1. The predicted molar refractivity (Wildman–Crippen MR) is 193 cm³/mol. The third kappa shape index (κ3) is 8.18. The molecule has 2 aliphatic heterocycles. The van der Waals surface area contributed by atoms with Gasteiger partial charge in [0.05, 0.1) is 18.2 Å². The Bertz CT molecular complexity index is 2020. The lowest BCUT2D eigenvalue weighted by Crippen LogP contribution is -2.48. The fraction of sp³-hybridized carbons (Fsp3) is 0.308. The molecule has 0 aromatic heterocycles. The lowest BCUT2D eigenvalue weighted by atomic mass is 10.0. The molecule has 0 radical (unpaired) electrons. The van der Waals surface area contributed by atoms with Gasteiger partial charge in [0, 0.05) is 50.2 Å². The monoisotopic (exact) mass is 727 g/mol. The number of benzene rings is 4. The van der Waals surface area contributed by atoms with Crippen LogP contribution in [0.2, 0.25) is 5.02 Å². The number of fused-ring (bicyclic) bond motifs is 3. The number of hydrogen-bond acceptors (Lipinski definition) is 6. The summed E-state index contributed by atoms with van der Waals surface area (Å²) in [5, 5.41) is 8.26. The van der Waals surface area contributed by atoms with Gasteiger partial charge < -0.3 is 30.1 Å². The van der Waals surface area contributed by atoms with E-state index in [1.165, 1.54) is 30.0 Å². The van der Waals surface area contributed by atoms with Crippen molar-refractivity contribution in [3.8, 4) is 5.75 Å². The molecule has 1 saturated heterocycles. The van der Waals surface area contributed by atoms with Crippen LogP contribution in [0.1, 0.15) is 45.5 Å². The summed E-state index contributed by atoms with van der Waals surface area (Å²) in [5.41, 5.74) is 1.12. The van der Waals surface area contributed by atoms with Gasteiger partial charge in [-0.1, -0.05) is 60.1 Å². The largest absolute Gasteiger partial charge is 0.491 e. The van der Waals surface area contributed by atoms with E-state index in [9.17, 15) is 28.4 Å². The molecule has 3 atom stereocenters. The second kappa shape index (κ2) is 15.8. The normalized spacial score (nSPS) is 20.0. The number of amides is 5. The van der Waals surface area contributed by atoms with Gasteiger partial charge in [-0.15, -0.1) is 0 Å². The van der Waals surface area contributed by atoms with Gasteiger partial charge in [-0.3, -0.25) is 24.0 Å². The summed E-state index contributed by atoms with van der Waals surface area (Å²) in [7, 11) is 2.93. The Morgan fingerprint density at radius 2 is 1.71 bits per heavy atom. The number of nitrogens with one attached hydrogen (secondary N) is 2. The van der Waals surface area contributed by atoms with E-state index in [-0.39, 0.29) is 62.2 Å². The second-order valence-corrected chi connectivity index (χ2v) is 13.6. The van der Waals surface area contributed by atoms with Crippen LogP contribution in [0.3, 0.4) is 0 Å². The van der Waals surface area contributed by atoms with Gasteiger partial charge in [-0.2, -0.15) is 0 Å². The Morgan fingerprint density at radius 3 is 2.52 bits per heavy atom. The molecule has 4 aromatic carbocycles. The third-order valence-corrected chi connectivity index (χ3v) is 9.85. The molecule has 0 saturated carbocycles. The van der Waals surface area contributed by atoms with Crippen LogP contribution in [-0.4, -0.2) is 96.2 Å². The molecule has 0 bridgehead atoms. The molecule has 6 rings (SSSR count). The fourth-order valence-electron chi connectivity index (χ4n) is 6.78. The maximum absolute atomic E-state index is 14.7. The topological polar surface area (TPSA) is 128 Å². The fourth-order valence-corrected chi connectivity index (χ4v) is 6.97. The van der Waals surface area contributed by atoms with E-state index >= 15 is 0 Å². The van der Waals surface area contributed by atoms with Crippen LogP contribution in [0, 0.1) is 5.82 Å². The summed E-state index contributed by atoms with van der Waals surface area (Å²) in [4.78, 5) is 71.9. The van der Waals surface area contributed by atoms with Gasteiger partial charge in [0.25, 0.3) is 11.8 Å². The van der Waals surface area contributed by atoms with Crippen LogP contribution in [0.15, 0.2) is 84.9 Å². The first-order valence-electron chi connectivity index (χ1n) is 17.0. The predicted octanol–water partition coefficient (Wildman–Crippen LogP) is 4.42. The van der Waals surface area contributed by atoms with Crippen molar-refractivity contribution in [2.75, 3.05) is 33.8 Å². The van der Waals surface area contributed by atoms with E-state index < -0.39 is 41.7 Å². The molecule has 2 aliphatic rings. The maximum atomic E-state index is 14.7. The van der Waals surface area contributed by atoms with Crippen LogP contribution >= 0.6 is 11.6 Å². The standard InChI is InChI=1S/C39H39ClFN5O6/c1-44-22-36(48)46-21-29(43-37(49)25-9-6-11-27(40)17-25)19-30(46)23-52-34-15-13-28(41)18-32(34)39(51)45(2)33(14-16-35(44)47)38(50)42-20-26-10-5-8-24-7-3-4-12-31(24)26/h3-13,15,17-18,29-30,33H,14,16,19-23H2,1-2H3,(H,42,50)(H,43,49)/t29-,30-,33-/m0/s1. The zero-order chi connectivity index (χ0) is 36.9.